The molecular weight excluding hydrogens is 241 g/mol. The molecule has 0 aliphatic rings. The largest absolute Gasteiger partial charge is 0.487 e. The van der Waals surface area contributed by atoms with Crippen molar-refractivity contribution in [1.82, 2.24) is 4.98 Å². The molecule has 0 aliphatic carbocycles. The molecule has 0 atom stereocenters. The van der Waals surface area contributed by atoms with Gasteiger partial charge in [0.25, 0.3) is 0 Å². The first-order chi connectivity index (χ1) is 9.20. The highest BCUT2D eigenvalue weighted by Crippen LogP contribution is 2.19. The molecule has 0 bridgehead atoms. The highest BCUT2D eigenvalue weighted by molar-refractivity contribution is 5.80. The monoisotopic (exact) mass is 255 g/mol. The average Bonchev–Trinajstić information content (AvgIpc) is 2.80. The highest BCUT2D eigenvalue weighted by Gasteiger charge is 2.02. The molecule has 0 unspecified atom stereocenters. The van der Waals surface area contributed by atoms with Crippen molar-refractivity contribution in [3.05, 3.63) is 65.6 Å². The summed E-state index contributed by atoms with van der Waals surface area (Å²) in [5.74, 6) is 0.407. The smallest absolute Gasteiger partial charge is 0.128 e. The predicted octanol–water partition coefficient (Wildman–Crippen LogP) is 4.19. The van der Waals surface area contributed by atoms with Crippen molar-refractivity contribution >= 4 is 10.9 Å². The van der Waals surface area contributed by atoms with Gasteiger partial charge in [-0.2, -0.15) is 0 Å². The van der Waals surface area contributed by atoms with Crippen LogP contribution < -0.4 is 4.74 Å². The summed E-state index contributed by atoms with van der Waals surface area (Å²) < 4.78 is 18.4. The number of H-pyrrole nitrogens is 1. The van der Waals surface area contributed by atoms with Crippen LogP contribution in [-0.4, -0.2) is 4.98 Å². The number of nitrogens with one attached hydrogen (secondary N) is 1. The van der Waals surface area contributed by atoms with Gasteiger partial charge in [-0.25, -0.2) is 4.39 Å². The van der Waals surface area contributed by atoms with Crippen LogP contribution in [0.15, 0.2) is 48.5 Å². The van der Waals surface area contributed by atoms with Crippen molar-refractivity contribution in [2.45, 2.75) is 13.5 Å². The van der Waals surface area contributed by atoms with E-state index in [1.165, 1.54) is 23.1 Å². The Morgan fingerprint density at radius 2 is 1.84 bits per heavy atom. The number of aryl methyl sites for hydroxylation is 1. The van der Waals surface area contributed by atoms with Crippen LogP contribution in [0.25, 0.3) is 10.9 Å². The molecule has 1 heterocycles. The minimum absolute atomic E-state index is 0.256. The van der Waals surface area contributed by atoms with Crippen molar-refractivity contribution in [3.8, 4) is 5.75 Å². The van der Waals surface area contributed by atoms with Gasteiger partial charge in [-0.15, -0.1) is 0 Å². The summed E-state index contributed by atoms with van der Waals surface area (Å²) in [5, 5.41) is 1.17. The average molecular weight is 255 g/mol. The lowest BCUT2D eigenvalue weighted by Crippen LogP contribution is -1.95. The summed E-state index contributed by atoms with van der Waals surface area (Å²) >= 11 is 0. The Morgan fingerprint density at radius 3 is 2.63 bits per heavy atom. The molecule has 3 heteroatoms. The third-order valence-corrected chi connectivity index (χ3v) is 3.04. The highest BCUT2D eigenvalue weighted by atomic mass is 19.1. The molecule has 0 amide bonds. The van der Waals surface area contributed by atoms with Gasteiger partial charge >= 0.3 is 0 Å². The first-order valence-corrected chi connectivity index (χ1v) is 6.17. The van der Waals surface area contributed by atoms with E-state index < -0.39 is 0 Å². The third kappa shape index (κ3) is 2.60. The molecule has 0 spiro atoms. The van der Waals surface area contributed by atoms with Gasteiger partial charge in [0.05, 0.1) is 5.69 Å². The lowest BCUT2D eigenvalue weighted by Gasteiger charge is -2.03. The van der Waals surface area contributed by atoms with E-state index in [-0.39, 0.29) is 5.82 Å². The molecule has 0 saturated carbocycles. The molecule has 19 heavy (non-hydrogen) atoms. The summed E-state index contributed by atoms with van der Waals surface area (Å²) in [6, 6.07) is 14.4. The van der Waals surface area contributed by atoms with Gasteiger partial charge in [0.1, 0.15) is 18.2 Å². The third-order valence-electron chi connectivity index (χ3n) is 3.04. The summed E-state index contributed by atoms with van der Waals surface area (Å²) in [5.41, 5.74) is 3.34. The van der Waals surface area contributed by atoms with Crippen molar-refractivity contribution in [1.29, 1.82) is 0 Å². The SMILES string of the molecule is Cc1ccc2cc(COc3ccc(F)cc3)[nH]c2c1. The minimum atomic E-state index is -0.256. The zero-order valence-electron chi connectivity index (χ0n) is 10.6. The first kappa shape index (κ1) is 11.8. The Kier molecular flexibility index (Phi) is 2.95. The van der Waals surface area contributed by atoms with Gasteiger partial charge in [-0.1, -0.05) is 12.1 Å². The molecule has 1 aromatic heterocycles. The van der Waals surface area contributed by atoms with E-state index in [0.717, 1.165) is 11.2 Å². The number of halogens is 1. The fraction of sp³-hybridized carbons (Fsp3) is 0.125. The number of rotatable bonds is 3. The maximum absolute atomic E-state index is 12.8. The number of hydrogen-bond acceptors (Lipinski definition) is 1. The van der Waals surface area contributed by atoms with E-state index in [2.05, 4.69) is 36.2 Å². The standard InChI is InChI=1S/C16H14FNO/c1-11-2-3-12-9-14(18-16(12)8-11)10-19-15-6-4-13(17)5-7-15/h2-9,18H,10H2,1H3. The molecule has 3 aromatic rings. The Bertz CT molecular complexity index is 700. The lowest BCUT2D eigenvalue weighted by atomic mass is 10.2. The fourth-order valence-corrected chi connectivity index (χ4v) is 2.07. The van der Waals surface area contributed by atoms with E-state index in [9.17, 15) is 4.39 Å². The second-order valence-electron chi connectivity index (χ2n) is 4.63. The zero-order valence-corrected chi connectivity index (χ0v) is 10.6. The first-order valence-electron chi connectivity index (χ1n) is 6.17. The lowest BCUT2D eigenvalue weighted by molar-refractivity contribution is 0.302. The maximum Gasteiger partial charge on any atom is 0.128 e. The van der Waals surface area contributed by atoms with Crippen LogP contribution in [0.2, 0.25) is 0 Å². The summed E-state index contributed by atoms with van der Waals surface area (Å²) in [7, 11) is 0. The van der Waals surface area contributed by atoms with Crippen molar-refractivity contribution in [3.63, 3.8) is 0 Å². The normalized spacial score (nSPS) is 10.8. The molecule has 0 fully saturated rings. The van der Waals surface area contributed by atoms with Crippen LogP contribution in [0, 0.1) is 12.7 Å². The Balaban J connectivity index is 1.76. The molecule has 0 radical (unpaired) electrons. The molecule has 0 aliphatic heterocycles. The quantitative estimate of drug-likeness (QED) is 0.745. The van der Waals surface area contributed by atoms with Crippen LogP contribution >= 0.6 is 0 Å². The van der Waals surface area contributed by atoms with Crippen LogP contribution in [0.3, 0.4) is 0 Å². The van der Waals surface area contributed by atoms with E-state index in [1.54, 1.807) is 12.1 Å². The second-order valence-corrected chi connectivity index (χ2v) is 4.63. The topological polar surface area (TPSA) is 25.0 Å². The molecule has 2 aromatic carbocycles. The molecule has 96 valence electrons. The molecule has 2 nitrogen and oxygen atoms in total. The van der Waals surface area contributed by atoms with Crippen molar-refractivity contribution in [2.75, 3.05) is 0 Å². The summed E-state index contributed by atoms with van der Waals surface area (Å²) in [6.07, 6.45) is 0. The van der Waals surface area contributed by atoms with Crippen LogP contribution in [0.4, 0.5) is 4.39 Å². The number of benzene rings is 2. The van der Waals surface area contributed by atoms with Gasteiger partial charge in [0.2, 0.25) is 0 Å². The summed E-state index contributed by atoms with van der Waals surface area (Å²) in [6.45, 7) is 2.51. The minimum Gasteiger partial charge on any atom is -0.487 e. The molecule has 0 saturated heterocycles. The number of fused-ring (bicyclic) bond motifs is 1. The number of ether oxygens (including phenoxy) is 1. The maximum atomic E-state index is 12.8. The Morgan fingerprint density at radius 1 is 1.05 bits per heavy atom. The van der Waals surface area contributed by atoms with Crippen molar-refractivity contribution < 1.29 is 9.13 Å². The Hall–Kier alpha value is -2.29. The van der Waals surface area contributed by atoms with Crippen LogP contribution in [0.1, 0.15) is 11.3 Å². The number of aromatic amines is 1. The van der Waals surface area contributed by atoms with Crippen LogP contribution in [0.5, 0.6) is 5.75 Å². The fourth-order valence-electron chi connectivity index (χ4n) is 2.07. The molecule has 1 N–H and O–H groups in total. The molecule has 3 rings (SSSR count). The Labute approximate surface area is 110 Å². The van der Waals surface area contributed by atoms with Crippen molar-refractivity contribution in [2.24, 2.45) is 0 Å². The van der Waals surface area contributed by atoms with Gasteiger partial charge in [0, 0.05) is 5.52 Å². The zero-order chi connectivity index (χ0) is 13.2. The van der Waals surface area contributed by atoms with Crippen LogP contribution in [-0.2, 0) is 6.61 Å². The predicted molar refractivity (Wildman–Crippen MR) is 73.8 cm³/mol. The van der Waals surface area contributed by atoms with E-state index in [1.807, 2.05) is 0 Å². The van der Waals surface area contributed by atoms with Gasteiger partial charge in [-0.3, -0.25) is 0 Å². The number of aromatic nitrogens is 1. The van der Waals surface area contributed by atoms with Gasteiger partial charge in [-0.05, 0) is 54.3 Å². The van der Waals surface area contributed by atoms with Gasteiger partial charge < -0.3 is 9.72 Å². The molecular formula is C16H14FNO. The second kappa shape index (κ2) is 4.76. The summed E-state index contributed by atoms with van der Waals surface area (Å²) in [4.78, 5) is 3.32. The number of hydrogen-bond donors (Lipinski definition) is 1. The van der Waals surface area contributed by atoms with E-state index >= 15 is 0 Å². The van der Waals surface area contributed by atoms with E-state index in [0.29, 0.717) is 12.4 Å². The van der Waals surface area contributed by atoms with E-state index in [4.69, 9.17) is 4.74 Å². The van der Waals surface area contributed by atoms with Gasteiger partial charge in [0.15, 0.2) is 0 Å².